The number of amides is 1. The summed E-state index contributed by atoms with van der Waals surface area (Å²) in [6, 6.07) is 8.47. The molecule has 2 rings (SSSR count). The maximum atomic E-state index is 11.0. The molecule has 0 bridgehead atoms. The molecule has 0 spiro atoms. The summed E-state index contributed by atoms with van der Waals surface area (Å²) in [5.74, 6) is 0.227. The average Bonchev–Trinajstić information content (AvgIpc) is 2.36. The SMILES string of the molecule is CC1CN(C)C(C)CC1Nc1ccc(C(N)=O)cc1. The number of anilines is 1. The second-order valence-corrected chi connectivity index (χ2v) is 5.69. The molecule has 1 aliphatic rings. The Morgan fingerprint density at radius 3 is 2.53 bits per heavy atom. The van der Waals surface area contributed by atoms with Gasteiger partial charge in [0.05, 0.1) is 0 Å². The molecule has 1 fully saturated rings. The van der Waals surface area contributed by atoms with Crippen LogP contribution in [0.1, 0.15) is 30.6 Å². The molecule has 3 atom stereocenters. The fraction of sp³-hybridized carbons (Fsp3) is 0.533. The standard InChI is InChI=1S/C15H23N3O/c1-10-9-18(3)11(2)8-14(10)17-13-6-4-12(5-7-13)15(16)19/h4-7,10-11,14,17H,8-9H2,1-3H3,(H2,16,19). The topological polar surface area (TPSA) is 58.4 Å². The summed E-state index contributed by atoms with van der Waals surface area (Å²) in [5.41, 5.74) is 6.84. The van der Waals surface area contributed by atoms with E-state index in [2.05, 4.69) is 31.1 Å². The van der Waals surface area contributed by atoms with Gasteiger partial charge in [0, 0.05) is 29.9 Å². The Hall–Kier alpha value is -1.55. The van der Waals surface area contributed by atoms with Crippen LogP contribution in [0.4, 0.5) is 5.69 Å². The lowest BCUT2D eigenvalue weighted by molar-refractivity contribution is 0.100. The number of nitrogens with zero attached hydrogens (tertiary/aromatic N) is 1. The van der Waals surface area contributed by atoms with Gasteiger partial charge < -0.3 is 16.0 Å². The van der Waals surface area contributed by atoms with Crippen LogP contribution in [0, 0.1) is 5.92 Å². The van der Waals surface area contributed by atoms with Crippen molar-refractivity contribution in [3.05, 3.63) is 29.8 Å². The quantitative estimate of drug-likeness (QED) is 0.874. The van der Waals surface area contributed by atoms with E-state index in [4.69, 9.17) is 5.73 Å². The van der Waals surface area contributed by atoms with E-state index in [1.54, 1.807) is 12.1 Å². The molecule has 3 N–H and O–H groups in total. The molecule has 3 unspecified atom stereocenters. The molecule has 0 radical (unpaired) electrons. The van der Waals surface area contributed by atoms with Crippen molar-refractivity contribution in [1.29, 1.82) is 0 Å². The van der Waals surface area contributed by atoms with Crippen LogP contribution in [0.15, 0.2) is 24.3 Å². The normalized spacial score (nSPS) is 28.1. The Bertz CT molecular complexity index is 443. The lowest BCUT2D eigenvalue weighted by Gasteiger charge is -2.40. The molecular formula is C15H23N3O. The van der Waals surface area contributed by atoms with E-state index in [0.29, 0.717) is 23.6 Å². The molecule has 0 aliphatic carbocycles. The number of carbonyl (C=O) groups is 1. The lowest BCUT2D eigenvalue weighted by atomic mass is 9.89. The molecule has 19 heavy (non-hydrogen) atoms. The number of benzene rings is 1. The molecule has 0 saturated carbocycles. The van der Waals surface area contributed by atoms with Crippen molar-refractivity contribution in [2.24, 2.45) is 11.7 Å². The molecule has 1 aliphatic heterocycles. The molecule has 4 nitrogen and oxygen atoms in total. The third-order valence-corrected chi connectivity index (χ3v) is 4.13. The molecular weight excluding hydrogens is 238 g/mol. The van der Waals surface area contributed by atoms with Crippen molar-refractivity contribution in [3.63, 3.8) is 0 Å². The molecule has 0 aromatic heterocycles. The van der Waals surface area contributed by atoms with E-state index in [0.717, 1.165) is 18.7 Å². The maximum absolute atomic E-state index is 11.0. The number of hydrogen-bond donors (Lipinski definition) is 2. The van der Waals surface area contributed by atoms with Gasteiger partial charge in [0.2, 0.25) is 5.91 Å². The molecule has 1 aromatic carbocycles. The predicted molar refractivity (Wildman–Crippen MR) is 78.2 cm³/mol. The van der Waals surface area contributed by atoms with Crippen LogP contribution in [0.2, 0.25) is 0 Å². The Labute approximate surface area is 115 Å². The smallest absolute Gasteiger partial charge is 0.248 e. The zero-order valence-electron chi connectivity index (χ0n) is 11.9. The van der Waals surface area contributed by atoms with E-state index in [9.17, 15) is 4.79 Å². The van der Waals surface area contributed by atoms with Gasteiger partial charge >= 0.3 is 0 Å². The van der Waals surface area contributed by atoms with Crippen molar-refractivity contribution < 1.29 is 4.79 Å². The van der Waals surface area contributed by atoms with E-state index in [-0.39, 0.29) is 5.91 Å². The minimum atomic E-state index is -0.382. The van der Waals surface area contributed by atoms with Crippen LogP contribution in [-0.2, 0) is 0 Å². The van der Waals surface area contributed by atoms with Crippen LogP contribution in [0.3, 0.4) is 0 Å². The van der Waals surface area contributed by atoms with Crippen molar-refractivity contribution >= 4 is 11.6 Å². The third kappa shape index (κ3) is 3.26. The summed E-state index contributed by atoms with van der Waals surface area (Å²) in [5, 5.41) is 3.57. The number of nitrogens with one attached hydrogen (secondary N) is 1. The summed E-state index contributed by atoms with van der Waals surface area (Å²) >= 11 is 0. The largest absolute Gasteiger partial charge is 0.382 e. The van der Waals surface area contributed by atoms with Gasteiger partial charge in [-0.3, -0.25) is 4.79 Å². The zero-order valence-corrected chi connectivity index (χ0v) is 11.9. The first-order valence-electron chi connectivity index (χ1n) is 6.84. The van der Waals surface area contributed by atoms with Crippen LogP contribution in [-0.4, -0.2) is 36.5 Å². The Morgan fingerprint density at radius 2 is 1.95 bits per heavy atom. The minimum Gasteiger partial charge on any atom is -0.382 e. The first-order valence-corrected chi connectivity index (χ1v) is 6.84. The number of rotatable bonds is 3. The molecule has 1 aromatic rings. The second kappa shape index (κ2) is 5.61. The van der Waals surface area contributed by atoms with Gasteiger partial charge in [0.25, 0.3) is 0 Å². The summed E-state index contributed by atoms with van der Waals surface area (Å²) < 4.78 is 0. The molecule has 1 heterocycles. The Kier molecular flexibility index (Phi) is 4.10. The van der Waals surface area contributed by atoms with Gasteiger partial charge in [-0.05, 0) is 50.6 Å². The molecule has 4 heteroatoms. The zero-order chi connectivity index (χ0) is 14.0. The molecule has 1 saturated heterocycles. The van der Waals surface area contributed by atoms with Crippen LogP contribution in [0.25, 0.3) is 0 Å². The summed E-state index contributed by atoms with van der Waals surface area (Å²) in [4.78, 5) is 13.4. The van der Waals surface area contributed by atoms with Crippen molar-refractivity contribution in [1.82, 2.24) is 4.90 Å². The van der Waals surface area contributed by atoms with E-state index >= 15 is 0 Å². The second-order valence-electron chi connectivity index (χ2n) is 5.69. The Balaban J connectivity index is 2.02. The van der Waals surface area contributed by atoms with Gasteiger partial charge in [-0.25, -0.2) is 0 Å². The monoisotopic (exact) mass is 261 g/mol. The fourth-order valence-electron chi connectivity index (χ4n) is 2.69. The number of primary amides is 1. The van der Waals surface area contributed by atoms with Crippen LogP contribution < -0.4 is 11.1 Å². The highest BCUT2D eigenvalue weighted by Gasteiger charge is 2.28. The van der Waals surface area contributed by atoms with Gasteiger partial charge in [-0.15, -0.1) is 0 Å². The van der Waals surface area contributed by atoms with E-state index in [1.807, 2.05) is 12.1 Å². The van der Waals surface area contributed by atoms with Crippen molar-refractivity contribution in [2.75, 3.05) is 18.9 Å². The molecule has 1 amide bonds. The summed E-state index contributed by atoms with van der Waals surface area (Å²) in [6.45, 7) is 5.65. The highest BCUT2D eigenvalue weighted by Crippen LogP contribution is 2.24. The average molecular weight is 261 g/mol. The highest BCUT2D eigenvalue weighted by molar-refractivity contribution is 5.93. The first kappa shape index (κ1) is 13.9. The van der Waals surface area contributed by atoms with E-state index in [1.165, 1.54) is 0 Å². The fourth-order valence-corrected chi connectivity index (χ4v) is 2.69. The minimum absolute atomic E-state index is 0.382. The highest BCUT2D eigenvalue weighted by atomic mass is 16.1. The summed E-state index contributed by atoms with van der Waals surface area (Å²) in [6.07, 6.45) is 1.13. The van der Waals surface area contributed by atoms with Gasteiger partial charge in [0.15, 0.2) is 0 Å². The number of carbonyl (C=O) groups excluding carboxylic acids is 1. The van der Waals surface area contributed by atoms with Gasteiger partial charge in [-0.1, -0.05) is 6.92 Å². The van der Waals surface area contributed by atoms with Gasteiger partial charge in [0.1, 0.15) is 0 Å². The lowest BCUT2D eigenvalue weighted by Crippen LogP contribution is -2.48. The number of piperidine rings is 1. The number of likely N-dealkylation sites (tertiary alicyclic amines) is 1. The number of nitrogens with two attached hydrogens (primary N) is 1. The predicted octanol–water partition coefficient (Wildman–Crippen LogP) is 1.93. The molecule has 104 valence electrons. The van der Waals surface area contributed by atoms with Crippen molar-refractivity contribution in [2.45, 2.75) is 32.4 Å². The van der Waals surface area contributed by atoms with Crippen LogP contribution >= 0.6 is 0 Å². The maximum Gasteiger partial charge on any atom is 0.248 e. The number of hydrogen-bond acceptors (Lipinski definition) is 3. The van der Waals surface area contributed by atoms with Crippen LogP contribution in [0.5, 0.6) is 0 Å². The van der Waals surface area contributed by atoms with E-state index < -0.39 is 0 Å². The Morgan fingerprint density at radius 1 is 1.32 bits per heavy atom. The third-order valence-electron chi connectivity index (χ3n) is 4.13. The van der Waals surface area contributed by atoms with Gasteiger partial charge in [-0.2, -0.15) is 0 Å². The van der Waals surface area contributed by atoms with Crippen molar-refractivity contribution in [3.8, 4) is 0 Å². The summed E-state index contributed by atoms with van der Waals surface area (Å²) in [7, 11) is 2.18. The first-order chi connectivity index (χ1) is 8.97.